The van der Waals surface area contributed by atoms with Gasteiger partial charge in [-0.3, -0.25) is 4.89 Å². The third-order valence-corrected chi connectivity index (χ3v) is 1.83. The van der Waals surface area contributed by atoms with Gasteiger partial charge in [-0.2, -0.15) is 4.89 Å². The summed E-state index contributed by atoms with van der Waals surface area (Å²) in [4.78, 5) is 21.0. The molecule has 0 aliphatic heterocycles. The van der Waals surface area contributed by atoms with E-state index in [4.69, 9.17) is 9.62 Å². The molecule has 0 heterocycles. The van der Waals surface area contributed by atoms with E-state index in [9.17, 15) is 4.79 Å². The number of carbonyl (C=O) groups excluding carboxylic acids is 1. The number of methoxy groups -OCH3 is 1. The molecule has 1 radical (unpaired) electrons. The van der Waals surface area contributed by atoms with Gasteiger partial charge in [0.25, 0.3) is 0 Å². The standard InChI is InChI=1S/C13H17O4/c1-13(2,3)9-16-17-12(14)10-6-5-7-11(8-10)15-4/h5-9H,1-4H3. The molecule has 4 heteroatoms. The summed E-state index contributed by atoms with van der Waals surface area (Å²) in [6, 6.07) is 6.68. The zero-order valence-corrected chi connectivity index (χ0v) is 10.5. The van der Waals surface area contributed by atoms with Crippen molar-refractivity contribution in [2.75, 3.05) is 7.11 Å². The molecule has 0 fully saturated rings. The largest absolute Gasteiger partial charge is 0.497 e. The molecular formula is C13H17O4. The summed E-state index contributed by atoms with van der Waals surface area (Å²) in [6.45, 7) is 7.27. The van der Waals surface area contributed by atoms with E-state index in [1.807, 2.05) is 20.8 Å². The monoisotopic (exact) mass is 237 g/mol. The summed E-state index contributed by atoms with van der Waals surface area (Å²) in [5.41, 5.74) is 0.209. The minimum absolute atomic E-state index is 0.172. The molecule has 0 N–H and O–H groups in total. The lowest BCUT2D eigenvalue weighted by atomic mass is 9.99. The second kappa shape index (κ2) is 5.68. The van der Waals surface area contributed by atoms with Crippen LogP contribution in [0.2, 0.25) is 0 Å². The normalized spacial score (nSPS) is 11.1. The topological polar surface area (TPSA) is 44.8 Å². The summed E-state index contributed by atoms with van der Waals surface area (Å²) in [7, 11) is 1.54. The van der Waals surface area contributed by atoms with Crippen LogP contribution in [0.4, 0.5) is 0 Å². The highest BCUT2D eigenvalue weighted by molar-refractivity contribution is 5.89. The fraction of sp³-hybridized carbons (Fsp3) is 0.385. The molecule has 0 bridgehead atoms. The van der Waals surface area contributed by atoms with Crippen LogP contribution in [-0.4, -0.2) is 13.1 Å². The summed E-state index contributed by atoms with van der Waals surface area (Å²) in [6.07, 6.45) is 0. The predicted molar refractivity (Wildman–Crippen MR) is 63.2 cm³/mol. The zero-order chi connectivity index (χ0) is 12.9. The lowest BCUT2D eigenvalue weighted by Gasteiger charge is -2.15. The van der Waals surface area contributed by atoms with Crippen molar-refractivity contribution in [3.05, 3.63) is 36.4 Å². The van der Waals surface area contributed by atoms with Gasteiger partial charge in [0.1, 0.15) is 12.4 Å². The Hall–Kier alpha value is -1.55. The Morgan fingerprint density at radius 3 is 2.59 bits per heavy atom. The molecule has 1 rings (SSSR count). The van der Waals surface area contributed by atoms with Crippen LogP contribution in [0.25, 0.3) is 0 Å². The lowest BCUT2D eigenvalue weighted by Crippen LogP contribution is -2.12. The molecule has 0 aliphatic carbocycles. The molecule has 0 aliphatic rings. The molecule has 17 heavy (non-hydrogen) atoms. The van der Waals surface area contributed by atoms with E-state index in [2.05, 4.69) is 4.89 Å². The van der Waals surface area contributed by atoms with E-state index in [1.165, 1.54) is 13.7 Å². The summed E-state index contributed by atoms with van der Waals surface area (Å²) in [5.74, 6) is 0.0450. The van der Waals surface area contributed by atoms with Crippen LogP contribution in [-0.2, 0) is 9.78 Å². The van der Waals surface area contributed by atoms with Crippen LogP contribution >= 0.6 is 0 Å². The van der Waals surface area contributed by atoms with Gasteiger partial charge in [-0.05, 0) is 23.6 Å². The van der Waals surface area contributed by atoms with Crippen LogP contribution < -0.4 is 4.74 Å². The van der Waals surface area contributed by atoms with Crippen molar-refractivity contribution in [3.8, 4) is 5.75 Å². The maximum absolute atomic E-state index is 11.6. The predicted octanol–water partition coefficient (Wildman–Crippen LogP) is 2.99. The van der Waals surface area contributed by atoms with Gasteiger partial charge in [-0.1, -0.05) is 26.8 Å². The number of ether oxygens (including phenoxy) is 1. The van der Waals surface area contributed by atoms with Crippen molar-refractivity contribution in [3.63, 3.8) is 0 Å². The number of rotatable bonds is 4. The molecule has 0 atom stereocenters. The molecule has 93 valence electrons. The fourth-order valence-electron chi connectivity index (χ4n) is 1.01. The smallest absolute Gasteiger partial charge is 0.373 e. The van der Waals surface area contributed by atoms with Crippen LogP contribution in [0.1, 0.15) is 31.1 Å². The first kappa shape index (κ1) is 13.5. The van der Waals surface area contributed by atoms with E-state index in [-0.39, 0.29) is 5.41 Å². The Kier molecular flexibility index (Phi) is 4.52. The third kappa shape index (κ3) is 4.87. The molecular weight excluding hydrogens is 220 g/mol. The fourth-order valence-corrected chi connectivity index (χ4v) is 1.01. The average molecular weight is 237 g/mol. The molecule has 0 saturated heterocycles. The minimum atomic E-state index is -0.551. The highest BCUT2D eigenvalue weighted by atomic mass is 17.2. The molecule has 1 aromatic carbocycles. The van der Waals surface area contributed by atoms with Crippen molar-refractivity contribution in [1.82, 2.24) is 0 Å². The van der Waals surface area contributed by atoms with Gasteiger partial charge in [0.15, 0.2) is 0 Å². The van der Waals surface area contributed by atoms with Crippen LogP contribution in [0, 0.1) is 12.0 Å². The number of carbonyl (C=O) groups is 1. The summed E-state index contributed by atoms with van der Waals surface area (Å²) < 4.78 is 5.01. The second-order valence-corrected chi connectivity index (χ2v) is 4.68. The summed E-state index contributed by atoms with van der Waals surface area (Å²) >= 11 is 0. The lowest BCUT2D eigenvalue weighted by molar-refractivity contribution is -0.224. The van der Waals surface area contributed by atoms with Crippen LogP contribution in [0.15, 0.2) is 24.3 Å². The first-order valence-corrected chi connectivity index (χ1v) is 5.28. The Labute approximate surface area is 101 Å². The van der Waals surface area contributed by atoms with Gasteiger partial charge in [0.2, 0.25) is 0 Å². The van der Waals surface area contributed by atoms with Crippen LogP contribution in [0.3, 0.4) is 0 Å². The Balaban J connectivity index is 2.52. The van der Waals surface area contributed by atoms with Gasteiger partial charge < -0.3 is 4.74 Å². The maximum Gasteiger partial charge on any atom is 0.373 e. The van der Waals surface area contributed by atoms with E-state index in [0.717, 1.165) is 0 Å². The molecule has 0 saturated carbocycles. The molecule has 0 unspecified atom stereocenters. The van der Waals surface area contributed by atoms with E-state index in [1.54, 1.807) is 24.3 Å². The Morgan fingerprint density at radius 2 is 2.00 bits per heavy atom. The van der Waals surface area contributed by atoms with Crippen molar-refractivity contribution in [2.24, 2.45) is 5.41 Å². The highest BCUT2D eigenvalue weighted by Gasteiger charge is 2.15. The number of hydrogen-bond donors (Lipinski definition) is 0. The first-order valence-electron chi connectivity index (χ1n) is 5.28. The maximum atomic E-state index is 11.6. The van der Waals surface area contributed by atoms with Crippen molar-refractivity contribution in [2.45, 2.75) is 20.8 Å². The Bertz CT molecular complexity index is 379. The number of benzene rings is 1. The minimum Gasteiger partial charge on any atom is -0.497 e. The molecule has 0 amide bonds. The first-order chi connectivity index (χ1) is 7.92. The van der Waals surface area contributed by atoms with Crippen molar-refractivity contribution < 1.29 is 19.3 Å². The van der Waals surface area contributed by atoms with Gasteiger partial charge in [0.05, 0.1) is 12.7 Å². The van der Waals surface area contributed by atoms with Gasteiger partial charge >= 0.3 is 5.97 Å². The van der Waals surface area contributed by atoms with Gasteiger partial charge in [0, 0.05) is 0 Å². The van der Waals surface area contributed by atoms with E-state index < -0.39 is 5.97 Å². The Morgan fingerprint density at radius 1 is 1.29 bits per heavy atom. The summed E-state index contributed by atoms with van der Waals surface area (Å²) in [5, 5.41) is 0. The molecule has 1 aromatic rings. The van der Waals surface area contributed by atoms with E-state index >= 15 is 0 Å². The molecule has 0 aromatic heterocycles. The van der Waals surface area contributed by atoms with Crippen molar-refractivity contribution >= 4 is 5.97 Å². The zero-order valence-electron chi connectivity index (χ0n) is 10.5. The molecule has 4 nitrogen and oxygen atoms in total. The average Bonchev–Trinajstić information content (AvgIpc) is 2.27. The van der Waals surface area contributed by atoms with Gasteiger partial charge in [-0.15, -0.1) is 0 Å². The van der Waals surface area contributed by atoms with Crippen LogP contribution in [0.5, 0.6) is 5.75 Å². The second-order valence-electron chi connectivity index (χ2n) is 4.68. The number of hydrogen-bond acceptors (Lipinski definition) is 4. The van der Waals surface area contributed by atoms with E-state index in [0.29, 0.717) is 11.3 Å². The van der Waals surface area contributed by atoms with Gasteiger partial charge in [-0.25, -0.2) is 4.79 Å². The third-order valence-electron chi connectivity index (χ3n) is 1.83. The SMILES string of the molecule is COc1cccc(C(=O)OO[CH]C(C)(C)C)c1. The van der Waals surface area contributed by atoms with Crippen molar-refractivity contribution in [1.29, 1.82) is 0 Å². The molecule has 0 spiro atoms. The quantitative estimate of drug-likeness (QED) is 0.596. The highest BCUT2D eigenvalue weighted by Crippen LogP contribution is 2.19.